The molecule has 2 N–H and O–H groups in total. The molecule has 0 saturated carbocycles. The van der Waals surface area contributed by atoms with E-state index < -0.39 is 23.7 Å². The number of para-hydroxylation sites is 1. The smallest absolute Gasteiger partial charge is 0.304 e. The van der Waals surface area contributed by atoms with Crippen LogP contribution in [0.5, 0.6) is 17.5 Å². The molecule has 0 aliphatic rings. The predicted octanol–water partition coefficient (Wildman–Crippen LogP) is 3.96. The lowest BCUT2D eigenvalue weighted by atomic mass is 10.1. The highest BCUT2D eigenvalue weighted by Crippen LogP contribution is 2.36. The molecule has 0 bridgehead atoms. The standard InChI is InChI=1S/C21H18FN3O5/c1-3-10-25-20(28)14-9-8-13(11-15(14)21(25)29)19(27)24-23-18(26)12(2)30-17-7-5-4-6-16(17)22/h3-9,11-12,28-29H,1,10H2,2H3/t12-/m1/s1. The molecule has 1 heterocycles. The van der Waals surface area contributed by atoms with Crippen molar-refractivity contribution in [3.63, 3.8) is 0 Å². The number of hydrogen-bond acceptors (Lipinski definition) is 5. The van der Waals surface area contributed by atoms with Crippen molar-refractivity contribution in [1.29, 1.82) is 0 Å². The molecule has 0 spiro atoms. The monoisotopic (exact) mass is 411 g/mol. The number of benzene rings is 2. The maximum atomic E-state index is 13.6. The number of azo groups is 1. The Bertz CT molecular complexity index is 1170. The van der Waals surface area contributed by atoms with E-state index in [4.69, 9.17) is 4.74 Å². The maximum Gasteiger partial charge on any atom is 0.304 e. The third-order valence-corrected chi connectivity index (χ3v) is 4.30. The van der Waals surface area contributed by atoms with Crippen LogP contribution in [0.4, 0.5) is 4.39 Å². The molecule has 2 aromatic carbocycles. The van der Waals surface area contributed by atoms with E-state index in [9.17, 15) is 24.2 Å². The van der Waals surface area contributed by atoms with Gasteiger partial charge in [-0.05, 0) is 37.3 Å². The highest BCUT2D eigenvalue weighted by atomic mass is 19.1. The van der Waals surface area contributed by atoms with Crippen LogP contribution in [0, 0.1) is 5.82 Å². The van der Waals surface area contributed by atoms with Gasteiger partial charge in [-0.3, -0.25) is 14.2 Å². The number of nitrogens with zero attached hydrogens (tertiary/aromatic N) is 3. The van der Waals surface area contributed by atoms with Crippen molar-refractivity contribution in [2.45, 2.75) is 19.6 Å². The van der Waals surface area contributed by atoms with Crippen LogP contribution in [0.3, 0.4) is 0 Å². The number of carbonyl (C=O) groups is 2. The Morgan fingerprint density at radius 1 is 1.17 bits per heavy atom. The molecule has 0 unspecified atom stereocenters. The summed E-state index contributed by atoms with van der Waals surface area (Å²) < 4.78 is 20.0. The van der Waals surface area contributed by atoms with E-state index in [0.717, 1.165) is 0 Å². The number of allylic oxidation sites excluding steroid dienone is 1. The summed E-state index contributed by atoms with van der Waals surface area (Å²) in [5, 5.41) is 27.7. The van der Waals surface area contributed by atoms with Crippen LogP contribution in [-0.4, -0.2) is 32.7 Å². The predicted molar refractivity (Wildman–Crippen MR) is 106 cm³/mol. The van der Waals surface area contributed by atoms with Crippen LogP contribution in [-0.2, 0) is 11.3 Å². The third kappa shape index (κ3) is 4.04. The van der Waals surface area contributed by atoms with E-state index in [1.54, 1.807) is 6.07 Å². The normalized spacial score (nSPS) is 12.2. The zero-order valence-corrected chi connectivity index (χ0v) is 15.9. The third-order valence-electron chi connectivity index (χ3n) is 4.30. The van der Waals surface area contributed by atoms with Gasteiger partial charge in [-0.2, -0.15) is 0 Å². The van der Waals surface area contributed by atoms with E-state index >= 15 is 0 Å². The molecule has 0 saturated heterocycles. The van der Waals surface area contributed by atoms with Gasteiger partial charge in [0.25, 0.3) is 5.91 Å². The Labute approximate surface area is 170 Å². The molecular weight excluding hydrogens is 393 g/mol. The minimum absolute atomic E-state index is 0.0489. The summed E-state index contributed by atoms with van der Waals surface area (Å²) in [6, 6.07) is 9.72. The van der Waals surface area contributed by atoms with Gasteiger partial charge < -0.3 is 14.9 Å². The second kappa shape index (κ2) is 8.56. The summed E-state index contributed by atoms with van der Waals surface area (Å²) >= 11 is 0. The molecule has 0 aliphatic carbocycles. The highest BCUT2D eigenvalue weighted by Gasteiger charge is 2.19. The van der Waals surface area contributed by atoms with Gasteiger partial charge in [0.1, 0.15) is 0 Å². The Kier molecular flexibility index (Phi) is 5.91. The van der Waals surface area contributed by atoms with Gasteiger partial charge >= 0.3 is 5.91 Å². The first-order chi connectivity index (χ1) is 14.3. The van der Waals surface area contributed by atoms with Gasteiger partial charge in [-0.25, -0.2) is 4.39 Å². The van der Waals surface area contributed by atoms with Gasteiger partial charge in [0.05, 0.1) is 0 Å². The quantitative estimate of drug-likeness (QED) is 0.471. The molecule has 1 atom stereocenters. The van der Waals surface area contributed by atoms with E-state index in [-0.39, 0.29) is 35.0 Å². The number of aromatic nitrogens is 1. The molecule has 154 valence electrons. The molecule has 8 nitrogen and oxygen atoms in total. The highest BCUT2D eigenvalue weighted by molar-refractivity contribution is 6.02. The van der Waals surface area contributed by atoms with Crippen molar-refractivity contribution < 1.29 is 28.9 Å². The minimum atomic E-state index is -1.16. The number of halogens is 1. The van der Waals surface area contributed by atoms with E-state index in [2.05, 4.69) is 16.8 Å². The molecule has 30 heavy (non-hydrogen) atoms. The molecule has 1 aromatic heterocycles. The summed E-state index contributed by atoms with van der Waals surface area (Å²) in [7, 11) is 0. The van der Waals surface area contributed by atoms with Crippen LogP contribution < -0.4 is 4.74 Å². The second-order valence-corrected chi connectivity index (χ2v) is 6.34. The van der Waals surface area contributed by atoms with Gasteiger partial charge in [-0.1, -0.05) is 18.2 Å². The van der Waals surface area contributed by atoms with Crippen molar-refractivity contribution in [1.82, 2.24) is 4.57 Å². The number of ether oxygens (including phenoxy) is 1. The first kappa shape index (κ1) is 20.7. The van der Waals surface area contributed by atoms with Gasteiger partial charge in [0.2, 0.25) is 11.8 Å². The molecular formula is C21H18FN3O5. The number of hydrogen-bond donors (Lipinski definition) is 2. The summed E-state index contributed by atoms with van der Waals surface area (Å²) in [5.74, 6) is -2.87. The molecule has 0 radical (unpaired) electrons. The van der Waals surface area contributed by atoms with Crippen molar-refractivity contribution in [3.8, 4) is 17.5 Å². The molecule has 3 aromatic rings. The lowest BCUT2D eigenvalue weighted by Gasteiger charge is -2.10. The molecule has 0 fully saturated rings. The van der Waals surface area contributed by atoms with Crippen molar-refractivity contribution >= 4 is 22.6 Å². The van der Waals surface area contributed by atoms with E-state index in [0.29, 0.717) is 5.39 Å². The van der Waals surface area contributed by atoms with Gasteiger partial charge in [-0.15, -0.1) is 16.8 Å². The second-order valence-electron chi connectivity index (χ2n) is 6.34. The first-order valence-electron chi connectivity index (χ1n) is 8.89. The largest absolute Gasteiger partial charge is 0.494 e. The number of carbonyl (C=O) groups excluding carboxylic acids is 2. The Morgan fingerprint density at radius 3 is 2.57 bits per heavy atom. The Morgan fingerprint density at radius 2 is 1.87 bits per heavy atom. The van der Waals surface area contributed by atoms with Crippen molar-refractivity contribution in [3.05, 3.63) is 66.5 Å². The lowest BCUT2D eigenvalue weighted by Crippen LogP contribution is -2.22. The van der Waals surface area contributed by atoms with Crippen LogP contribution >= 0.6 is 0 Å². The molecule has 3 rings (SSSR count). The van der Waals surface area contributed by atoms with E-state index in [1.165, 1.54) is 54.0 Å². The topological polar surface area (TPSA) is 113 Å². The van der Waals surface area contributed by atoms with E-state index in [1.807, 2.05) is 0 Å². The number of rotatable bonds is 6. The average molecular weight is 411 g/mol. The number of aromatic hydroxyl groups is 2. The summed E-state index contributed by atoms with van der Waals surface area (Å²) in [4.78, 5) is 24.3. The maximum absolute atomic E-state index is 13.6. The summed E-state index contributed by atoms with van der Waals surface area (Å²) in [6.07, 6.45) is 0.337. The number of fused-ring (bicyclic) bond motifs is 1. The molecule has 9 heteroatoms. The SMILES string of the molecule is C=CCn1c(O)c2ccc(C(=O)N=NC(=O)[C@@H](C)Oc3ccccc3F)cc2c1O. The minimum Gasteiger partial charge on any atom is -0.494 e. The van der Waals surface area contributed by atoms with Crippen molar-refractivity contribution in [2.24, 2.45) is 10.2 Å². The molecule has 0 aliphatic heterocycles. The Balaban J connectivity index is 1.76. The lowest BCUT2D eigenvalue weighted by molar-refractivity contribution is -0.124. The van der Waals surface area contributed by atoms with Gasteiger partial charge in [0.15, 0.2) is 17.7 Å². The van der Waals surface area contributed by atoms with Crippen LogP contribution in [0.1, 0.15) is 17.3 Å². The van der Waals surface area contributed by atoms with Crippen LogP contribution in [0.15, 0.2) is 65.3 Å². The fourth-order valence-corrected chi connectivity index (χ4v) is 2.77. The zero-order valence-electron chi connectivity index (χ0n) is 15.9. The molecule has 2 amide bonds. The van der Waals surface area contributed by atoms with Gasteiger partial charge in [0, 0.05) is 22.9 Å². The van der Waals surface area contributed by atoms with Crippen molar-refractivity contribution in [2.75, 3.05) is 0 Å². The fourth-order valence-electron chi connectivity index (χ4n) is 2.77. The van der Waals surface area contributed by atoms with Crippen LogP contribution in [0.25, 0.3) is 10.8 Å². The fraction of sp³-hybridized carbons (Fsp3) is 0.143. The van der Waals surface area contributed by atoms with Crippen LogP contribution in [0.2, 0.25) is 0 Å². The average Bonchev–Trinajstić information content (AvgIpc) is 2.98. The zero-order chi connectivity index (χ0) is 21.8. The Hall–Kier alpha value is -4.01. The summed E-state index contributed by atoms with van der Waals surface area (Å²) in [6.45, 7) is 5.08. The first-order valence-corrected chi connectivity index (χ1v) is 8.89. The number of amides is 2. The summed E-state index contributed by atoms with van der Waals surface area (Å²) in [5.41, 5.74) is 0.0489.